The van der Waals surface area contributed by atoms with Gasteiger partial charge in [-0.2, -0.15) is 0 Å². The smallest absolute Gasteiger partial charge is 0.171 e. The average Bonchev–Trinajstić information content (AvgIpc) is 2.33. The second-order valence-electron chi connectivity index (χ2n) is 4.15. The van der Waals surface area contributed by atoms with E-state index >= 15 is 0 Å². The normalized spacial score (nSPS) is 10.6. The molecule has 0 fully saturated rings. The number of aromatic nitrogens is 1. The van der Waals surface area contributed by atoms with Crippen LogP contribution in [0.3, 0.4) is 0 Å². The molecule has 0 aliphatic heterocycles. The summed E-state index contributed by atoms with van der Waals surface area (Å²) in [7, 11) is 0. The van der Waals surface area contributed by atoms with E-state index in [-0.39, 0.29) is 0 Å². The van der Waals surface area contributed by atoms with Crippen molar-refractivity contribution in [2.45, 2.75) is 33.2 Å². The maximum absolute atomic E-state index is 5.74. The molecule has 0 aliphatic rings. The van der Waals surface area contributed by atoms with E-state index in [9.17, 15) is 0 Å². The number of anilines is 1. The van der Waals surface area contributed by atoms with Crippen molar-refractivity contribution < 1.29 is 4.74 Å². The highest BCUT2D eigenvalue weighted by molar-refractivity contribution is 9.09. The first-order valence-electron chi connectivity index (χ1n) is 6.11. The standard InChI is InChI=1S/C13H21BrN2O/c1-4-10-17-12-6-5-8-15-13(12)16(9-7-14)11(2)3/h5-6,8,11H,4,7,9-10H2,1-3H3. The van der Waals surface area contributed by atoms with Crippen LogP contribution in [-0.2, 0) is 0 Å². The molecular formula is C13H21BrN2O. The Morgan fingerprint density at radius 3 is 2.82 bits per heavy atom. The molecule has 0 unspecified atom stereocenters. The third-order valence-corrected chi connectivity index (χ3v) is 2.79. The zero-order valence-electron chi connectivity index (χ0n) is 10.8. The summed E-state index contributed by atoms with van der Waals surface area (Å²) in [5, 5.41) is 0.926. The van der Waals surface area contributed by atoms with Gasteiger partial charge in [0, 0.05) is 24.1 Å². The monoisotopic (exact) mass is 300 g/mol. The molecule has 96 valence electrons. The van der Waals surface area contributed by atoms with Gasteiger partial charge in [-0.25, -0.2) is 4.98 Å². The van der Waals surface area contributed by atoms with E-state index in [2.05, 4.69) is 46.6 Å². The van der Waals surface area contributed by atoms with Crippen molar-refractivity contribution in [3.8, 4) is 5.75 Å². The molecule has 0 N–H and O–H groups in total. The van der Waals surface area contributed by atoms with Crippen LogP contribution in [0.2, 0.25) is 0 Å². The first-order valence-corrected chi connectivity index (χ1v) is 7.23. The van der Waals surface area contributed by atoms with Crippen LogP contribution in [0.25, 0.3) is 0 Å². The molecule has 1 heterocycles. The van der Waals surface area contributed by atoms with Crippen molar-refractivity contribution in [2.75, 3.05) is 23.4 Å². The summed E-state index contributed by atoms with van der Waals surface area (Å²) in [4.78, 5) is 6.70. The molecule has 0 radical (unpaired) electrons. The lowest BCUT2D eigenvalue weighted by Crippen LogP contribution is -2.33. The third-order valence-electron chi connectivity index (χ3n) is 2.43. The second kappa shape index (κ2) is 7.54. The molecule has 3 nitrogen and oxygen atoms in total. The Kier molecular flexibility index (Phi) is 6.34. The fourth-order valence-electron chi connectivity index (χ4n) is 1.62. The van der Waals surface area contributed by atoms with E-state index in [1.54, 1.807) is 0 Å². The van der Waals surface area contributed by atoms with Crippen LogP contribution in [0.1, 0.15) is 27.2 Å². The number of hydrogen-bond acceptors (Lipinski definition) is 3. The largest absolute Gasteiger partial charge is 0.490 e. The van der Waals surface area contributed by atoms with Crippen molar-refractivity contribution in [1.82, 2.24) is 4.98 Å². The third kappa shape index (κ3) is 4.19. The van der Waals surface area contributed by atoms with Crippen LogP contribution >= 0.6 is 15.9 Å². The topological polar surface area (TPSA) is 25.4 Å². The molecular weight excluding hydrogens is 280 g/mol. The minimum absolute atomic E-state index is 0.409. The lowest BCUT2D eigenvalue weighted by molar-refractivity contribution is 0.316. The Morgan fingerprint density at radius 2 is 2.24 bits per heavy atom. The number of alkyl halides is 1. The van der Waals surface area contributed by atoms with E-state index in [0.29, 0.717) is 6.04 Å². The summed E-state index contributed by atoms with van der Waals surface area (Å²) in [6, 6.07) is 4.31. The summed E-state index contributed by atoms with van der Waals surface area (Å²) >= 11 is 3.48. The molecule has 0 aromatic carbocycles. The van der Waals surface area contributed by atoms with Crippen LogP contribution in [0.5, 0.6) is 5.75 Å². The quantitative estimate of drug-likeness (QED) is 0.721. The number of ether oxygens (including phenoxy) is 1. The SMILES string of the molecule is CCCOc1cccnc1N(CCBr)C(C)C. The average molecular weight is 301 g/mol. The Balaban J connectivity index is 2.92. The highest BCUT2D eigenvalue weighted by atomic mass is 79.9. The highest BCUT2D eigenvalue weighted by Crippen LogP contribution is 2.26. The molecule has 0 saturated heterocycles. The second-order valence-corrected chi connectivity index (χ2v) is 4.94. The van der Waals surface area contributed by atoms with E-state index in [1.807, 2.05) is 18.3 Å². The van der Waals surface area contributed by atoms with Gasteiger partial charge >= 0.3 is 0 Å². The van der Waals surface area contributed by atoms with Crippen molar-refractivity contribution in [3.05, 3.63) is 18.3 Å². The van der Waals surface area contributed by atoms with Gasteiger partial charge < -0.3 is 9.64 Å². The van der Waals surface area contributed by atoms with Crippen LogP contribution in [0, 0.1) is 0 Å². The van der Waals surface area contributed by atoms with Gasteiger partial charge in [-0.3, -0.25) is 0 Å². The predicted molar refractivity (Wildman–Crippen MR) is 76.3 cm³/mol. The molecule has 1 rings (SSSR count). The molecule has 0 bridgehead atoms. The number of pyridine rings is 1. The van der Waals surface area contributed by atoms with Crippen LogP contribution in [-0.4, -0.2) is 29.5 Å². The molecule has 1 aromatic rings. The van der Waals surface area contributed by atoms with Crippen molar-refractivity contribution in [3.63, 3.8) is 0 Å². The minimum atomic E-state index is 0.409. The van der Waals surface area contributed by atoms with Gasteiger partial charge in [0.2, 0.25) is 0 Å². The van der Waals surface area contributed by atoms with Crippen molar-refractivity contribution in [1.29, 1.82) is 0 Å². The van der Waals surface area contributed by atoms with Crippen LogP contribution in [0.15, 0.2) is 18.3 Å². The fourth-order valence-corrected chi connectivity index (χ4v) is 2.00. The number of halogens is 1. The number of rotatable bonds is 7. The van der Waals surface area contributed by atoms with Gasteiger partial charge in [-0.1, -0.05) is 22.9 Å². The Morgan fingerprint density at radius 1 is 1.47 bits per heavy atom. The van der Waals surface area contributed by atoms with E-state index in [1.165, 1.54) is 0 Å². The lowest BCUT2D eigenvalue weighted by Gasteiger charge is -2.28. The first-order chi connectivity index (χ1) is 8.20. The maximum Gasteiger partial charge on any atom is 0.171 e. The molecule has 0 saturated carbocycles. The van der Waals surface area contributed by atoms with E-state index < -0.39 is 0 Å². The van der Waals surface area contributed by atoms with Crippen LogP contribution in [0.4, 0.5) is 5.82 Å². The van der Waals surface area contributed by atoms with Crippen LogP contribution < -0.4 is 9.64 Å². The van der Waals surface area contributed by atoms with E-state index in [0.717, 1.165) is 36.5 Å². The Labute approximate surface area is 112 Å². The van der Waals surface area contributed by atoms with E-state index in [4.69, 9.17) is 4.74 Å². The summed E-state index contributed by atoms with van der Waals surface area (Å²) in [6.07, 6.45) is 2.83. The van der Waals surface area contributed by atoms with Gasteiger partial charge in [0.15, 0.2) is 11.6 Å². The Bertz CT molecular complexity index is 331. The Hall–Kier alpha value is -0.770. The van der Waals surface area contributed by atoms with Gasteiger partial charge in [-0.05, 0) is 32.4 Å². The van der Waals surface area contributed by atoms with Crippen molar-refractivity contribution in [2.24, 2.45) is 0 Å². The van der Waals surface area contributed by atoms with Gasteiger partial charge in [-0.15, -0.1) is 0 Å². The first kappa shape index (κ1) is 14.3. The minimum Gasteiger partial charge on any atom is -0.490 e. The number of hydrogen-bond donors (Lipinski definition) is 0. The molecule has 4 heteroatoms. The maximum atomic E-state index is 5.74. The molecule has 17 heavy (non-hydrogen) atoms. The molecule has 0 aliphatic carbocycles. The molecule has 0 spiro atoms. The fraction of sp³-hybridized carbons (Fsp3) is 0.615. The zero-order valence-corrected chi connectivity index (χ0v) is 12.4. The summed E-state index contributed by atoms with van der Waals surface area (Å²) in [6.45, 7) is 8.10. The van der Waals surface area contributed by atoms with Gasteiger partial charge in [0.1, 0.15) is 0 Å². The summed E-state index contributed by atoms with van der Waals surface area (Å²) in [5.74, 6) is 1.82. The molecule has 0 atom stereocenters. The predicted octanol–water partition coefficient (Wildman–Crippen LogP) is 3.48. The summed E-state index contributed by atoms with van der Waals surface area (Å²) in [5.41, 5.74) is 0. The highest BCUT2D eigenvalue weighted by Gasteiger charge is 2.15. The molecule has 1 aromatic heterocycles. The van der Waals surface area contributed by atoms with Gasteiger partial charge in [0.05, 0.1) is 6.61 Å². The lowest BCUT2D eigenvalue weighted by atomic mass is 10.3. The number of nitrogens with zero attached hydrogens (tertiary/aromatic N) is 2. The van der Waals surface area contributed by atoms with Crippen molar-refractivity contribution >= 4 is 21.7 Å². The molecule has 0 amide bonds. The zero-order chi connectivity index (χ0) is 12.7. The summed E-state index contributed by atoms with van der Waals surface area (Å²) < 4.78 is 5.74. The van der Waals surface area contributed by atoms with Gasteiger partial charge in [0.25, 0.3) is 0 Å².